The second-order valence-electron chi connectivity index (χ2n) is 7.41. The first-order valence-corrected chi connectivity index (χ1v) is 10.6. The first-order valence-electron chi connectivity index (χ1n) is 10.6. The van der Waals surface area contributed by atoms with E-state index in [1.165, 1.54) is 0 Å². The van der Waals surface area contributed by atoms with Crippen LogP contribution in [0.3, 0.4) is 0 Å². The van der Waals surface area contributed by atoms with Crippen molar-refractivity contribution in [2.75, 3.05) is 4.90 Å². The van der Waals surface area contributed by atoms with Gasteiger partial charge in [0.15, 0.2) is 0 Å². The zero-order valence-corrected chi connectivity index (χ0v) is 17.4. The Morgan fingerprint density at radius 2 is 1.03 bits per heavy atom. The molecule has 5 rings (SSSR count). The van der Waals surface area contributed by atoms with Gasteiger partial charge in [-0.25, -0.2) is 9.97 Å². The Labute approximate surface area is 182 Å². The van der Waals surface area contributed by atoms with Gasteiger partial charge in [-0.3, -0.25) is 0 Å². The van der Waals surface area contributed by atoms with Crippen LogP contribution in [0.2, 0.25) is 0 Å². The van der Waals surface area contributed by atoms with Crippen LogP contribution in [0.4, 0.5) is 17.1 Å². The highest BCUT2D eigenvalue weighted by atomic mass is 15.1. The molecule has 0 saturated carbocycles. The van der Waals surface area contributed by atoms with Gasteiger partial charge in [0.1, 0.15) is 0 Å². The molecule has 0 spiro atoms. The molecule has 0 amide bonds. The quantitative estimate of drug-likeness (QED) is 0.309. The molecule has 0 aliphatic carbocycles. The molecule has 0 aliphatic rings. The van der Waals surface area contributed by atoms with Gasteiger partial charge in [0, 0.05) is 22.6 Å². The van der Waals surface area contributed by atoms with Crippen LogP contribution in [0.1, 0.15) is 12.6 Å². The van der Waals surface area contributed by atoms with Crippen molar-refractivity contribution in [1.82, 2.24) is 9.97 Å². The molecule has 31 heavy (non-hydrogen) atoms. The Balaban J connectivity index is 1.58. The third kappa shape index (κ3) is 3.78. The molecule has 4 aromatic carbocycles. The summed E-state index contributed by atoms with van der Waals surface area (Å²) >= 11 is 0. The van der Waals surface area contributed by atoms with Crippen molar-refractivity contribution in [3.05, 3.63) is 115 Å². The van der Waals surface area contributed by atoms with Gasteiger partial charge in [0.25, 0.3) is 0 Å². The largest absolute Gasteiger partial charge is 0.311 e. The van der Waals surface area contributed by atoms with E-state index in [1.54, 1.807) is 0 Å². The van der Waals surface area contributed by atoms with Crippen molar-refractivity contribution in [2.24, 2.45) is 0 Å². The van der Waals surface area contributed by atoms with Crippen LogP contribution in [0.15, 0.2) is 109 Å². The van der Waals surface area contributed by atoms with E-state index in [1.807, 2.05) is 36.4 Å². The molecule has 3 heteroatoms. The van der Waals surface area contributed by atoms with E-state index in [2.05, 4.69) is 84.6 Å². The number of aromatic nitrogens is 2. The summed E-state index contributed by atoms with van der Waals surface area (Å²) in [6, 6.07) is 37.5. The minimum Gasteiger partial charge on any atom is -0.311 e. The topological polar surface area (TPSA) is 29.0 Å². The van der Waals surface area contributed by atoms with Gasteiger partial charge < -0.3 is 4.90 Å². The summed E-state index contributed by atoms with van der Waals surface area (Å²) in [6.45, 7) is 2.13. The van der Waals surface area contributed by atoms with Crippen LogP contribution in [-0.2, 0) is 6.42 Å². The Morgan fingerprint density at radius 3 is 1.58 bits per heavy atom. The van der Waals surface area contributed by atoms with E-state index < -0.39 is 0 Å². The van der Waals surface area contributed by atoms with Crippen LogP contribution in [0.25, 0.3) is 22.3 Å². The van der Waals surface area contributed by atoms with E-state index in [0.29, 0.717) is 0 Å². The lowest BCUT2D eigenvalue weighted by atomic mass is 10.1. The smallest absolute Gasteiger partial charge is 0.0925 e. The summed E-state index contributed by atoms with van der Waals surface area (Å²) in [5, 5.41) is 0. The second-order valence-corrected chi connectivity index (χ2v) is 7.41. The van der Waals surface area contributed by atoms with Crippen molar-refractivity contribution in [3.8, 4) is 11.3 Å². The van der Waals surface area contributed by atoms with Crippen molar-refractivity contribution in [1.29, 1.82) is 0 Å². The second kappa shape index (κ2) is 8.41. The average Bonchev–Trinajstić information content (AvgIpc) is 2.85. The number of rotatable bonds is 5. The molecule has 1 aromatic heterocycles. The van der Waals surface area contributed by atoms with Crippen molar-refractivity contribution in [3.63, 3.8) is 0 Å². The number of para-hydroxylation sites is 4. The number of hydrogen-bond donors (Lipinski definition) is 0. The van der Waals surface area contributed by atoms with E-state index >= 15 is 0 Å². The predicted octanol–water partition coefficient (Wildman–Crippen LogP) is 7.33. The molecule has 0 radical (unpaired) electrons. The number of anilines is 3. The van der Waals surface area contributed by atoms with Gasteiger partial charge in [-0.05, 0) is 55.0 Å². The predicted molar refractivity (Wildman–Crippen MR) is 129 cm³/mol. The maximum atomic E-state index is 4.93. The average molecular weight is 402 g/mol. The normalized spacial score (nSPS) is 10.9. The fourth-order valence-electron chi connectivity index (χ4n) is 3.88. The highest BCUT2D eigenvalue weighted by molar-refractivity contribution is 5.80. The lowest BCUT2D eigenvalue weighted by Crippen LogP contribution is -2.09. The Bertz CT molecular complexity index is 1260. The molecular weight excluding hydrogens is 378 g/mol. The van der Waals surface area contributed by atoms with E-state index in [4.69, 9.17) is 9.97 Å². The molecular formula is C28H23N3. The maximum absolute atomic E-state index is 4.93. The summed E-state index contributed by atoms with van der Waals surface area (Å²) in [5.41, 5.74) is 8.29. The van der Waals surface area contributed by atoms with Crippen LogP contribution in [0, 0.1) is 0 Å². The Hall–Kier alpha value is -3.98. The minimum absolute atomic E-state index is 0.842. The monoisotopic (exact) mass is 401 g/mol. The number of benzene rings is 4. The van der Waals surface area contributed by atoms with Crippen molar-refractivity contribution < 1.29 is 0 Å². The maximum Gasteiger partial charge on any atom is 0.0925 e. The molecule has 1 heterocycles. The molecule has 0 saturated heterocycles. The summed E-state index contributed by atoms with van der Waals surface area (Å²) in [7, 11) is 0. The molecule has 0 bridgehead atoms. The number of aryl methyl sites for hydroxylation is 1. The third-order valence-corrected chi connectivity index (χ3v) is 5.41. The lowest BCUT2D eigenvalue weighted by molar-refractivity contribution is 1.04. The molecule has 0 aliphatic heterocycles. The minimum atomic E-state index is 0.842. The first-order chi connectivity index (χ1) is 15.3. The summed E-state index contributed by atoms with van der Waals surface area (Å²) < 4.78 is 0. The van der Waals surface area contributed by atoms with Gasteiger partial charge in [-0.1, -0.05) is 67.6 Å². The van der Waals surface area contributed by atoms with Gasteiger partial charge in [0.2, 0.25) is 0 Å². The molecule has 0 fully saturated rings. The molecule has 150 valence electrons. The van der Waals surface area contributed by atoms with E-state index in [-0.39, 0.29) is 0 Å². The van der Waals surface area contributed by atoms with E-state index in [0.717, 1.165) is 51.5 Å². The lowest BCUT2D eigenvalue weighted by Gasteiger charge is -2.25. The number of nitrogens with zero attached hydrogens (tertiary/aromatic N) is 3. The van der Waals surface area contributed by atoms with Crippen LogP contribution >= 0.6 is 0 Å². The van der Waals surface area contributed by atoms with Gasteiger partial charge in [-0.2, -0.15) is 0 Å². The highest BCUT2D eigenvalue weighted by Gasteiger charge is 2.14. The standard InChI is InChI=1S/C28H23N3/c1-2-25-28(30-27-16-10-9-15-26(27)29-25)21-17-19-24(20-18-21)31(22-11-5-3-6-12-22)23-13-7-4-8-14-23/h3-20H,2H2,1H3. The Kier molecular flexibility index (Phi) is 5.16. The molecule has 3 nitrogen and oxygen atoms in total. The highest BCUT2D eigenvalue weighted by Crippen LogP contribution is 2.35. The fraction of sp³-hybridized carbons (Fsp3) is 0.0714. The fourth-order valence-corrected chi connectivity index (χ4v) is 3.88. The zero-order chi connectivity index (χ0) is 21.0. The van der Waals surface area contributed by atoms with Crippen LogP contribution in [0.5, 0.6) is 0 Å². The van der Waals surface area contributed by atoms with Crippen molar-refractivity contribution >= 4 is 28.1 Å². The molecule has 0 N–H and O–H groups in total. The molecule has 0 unspecified atom stereocenters. The third-order valence-electron chi connectivity index (χ3n) is 5.41. The molecule has 0 atom stereocenters. The SMILES string of the molecule is CCc1nc2ccccc2nc1-c1ccc(N(c2ccccc2)c2ccccc2)cc1. The molecule has 5 aromatic rings. The van der Waals surface area contributed by atoms with Gasteiger partial charge in [0.05, 0.1) is 22.4 Å². The number of fused-ring (bicyclic) bond motifs is 1. The first kappa shape index (κ1) is 19.0. The van der Waals surface area contributed by atoms with Crippen molar-refractivity contribution in [2.45, 2.75) is 13.3 Å². The van der Waals surface area contributed by atoms with E-state index in [9.17, 15) is 0 Å². The zero-order valence-electron chi connectivity index (χ0n) is 17.4. The van der Waals surface area contributed by atoms with Gasteiger partial charge >= 0.3 is 0 Å². The summed E-state index contributed by atoms with van der Waals surface area (Å²) in [5.74, 6) is 0. The Morgan fingerprint density at radius 1 is 0.548 bits per heavy atom. The van der Waals surface area contributed by atoms with Crippen LogP contribution < -0.4 is 4.90 Å². The van der Waals surface area contributed by atoms with Gasteiger partial charge in [-0.15, -0.1) is 0 Å². The summed E-state index contributed by atoms with van der Waals surface area (Å²) in [4.78, 5) is 12.0. The summed E-state index contributed by atoms with van der Waals surface area (Å²) in [6.07, 6.45) is 0.842. The number of hydrogen-bond acceptors (Lipinski definition) is 3. The van der Waals surface area contributed by atoms with Crippen LogP contribution in [-0.4, -0.2) is 9.97 Å².